The van der Waals surface area contributed by atoms with Crippen molar-refractivity contribution in [2.75, 3.05) is 0 Å². The van der Waals surface area contributed by atoms with E-state index in [0.717, 1.165) is 46.2 Å². The standard InChI is InChI=1S/C46H31N3/c47-43(33-25-23-32(24-26-33)31-12-2-1-3-13-31)28-44(34-15-11-27-48-29-34)49-30-35-14-10-22-42-45(35)38-18-6-9-21-41(38)46(42)39-19-7-4-16-36(39)37-17-5-8-20-40(37)46/h1-4,6,8-16,18,20-30,47H,7,19H2/b44-28-,47-43?,49-30+. The molecule has 0 fully saturated rings. The van der Waals surface area contributed by atoms with Gasteiger partial charge < -0.3 is 5.41 Å². The molecule has 0 saturated carbocycles. The number of benzene rings is 4. The molecule has 0 amide bonds. The Morgan fingerprint density at radius 2 is 1.59 bits per heavy atom. The van der Waals surface area contributed by atoms with E-state index >= 15 is 0 Å². The van der Waals surface area contributed by atoms with Crippen molar-refractivity contribution in [2.24, 2.45) is 4.99 Å². The van der Waals surface area contributed by atoms with Crippen molar-refractivity contribution in [1.29, 1.82) is 5.41 Å². The van der Waals surface area contributed by atoms with Gasteiger partial charge in [-0.25, -0.2) is 0 Å². The number of nitrogens with zero attached hydrogens (tertiary/aromatic N) is 2. The first-order valence-electron chi connectivity index (χ1n) is 16.7. The summed E-state index contributed by atoms with van der Waals surface area (Å²) in [7, 11) is 0. The molecule has 6 aromatic rings. The van der Waals surface area contributed by atoms with Crippen LogP contribution in [0, 0.1) is 17.5 Å². The van der Waals surface area contributed by atoms with E-state index in [1.165, 1.54) is 39.0 Å². The van der Waals surface area contributed by atoms with Crippen LogP contribution in [0.2, 0.25) is 0 Å². The number of hydrogen-bond acceptors (Lipinski definition) is 3. The van der Waals surface area contributed by atoms with Crippen LogP contribution in [-0.4, -0.2) is 16.9 Å². The summed E-state index contributed by atoms with van der Waals surface area (Å²) in [4.78, 5) is 9.49. The van der Waals surface area contributed by atoms with Crippen molar-refractivity contribution < 1.29 is 0 Å². The second kappa shape index (κ2) is 11.7. The Balaban J connectivity index is 1.15. The molecule has 9 rings (SSSR count). The zero-order valence-corrected chi connectivity index (χ0v) is 26.8. The summed E-state index contributed by atoms with van der Waals surface area (Å²) in [5, 5.41) is 9.06. The van der Waals surface area contributed by atoms with E-state index in [1.54, 1.807) is 6.20 Å². The van der Waals surface area contributed by atoms with Gasteiger partial charge >= 0.3 is 0 Å². The van der Waals surface area contributed by atoms with Crippen LogP contribution in [0.15, 0.2) is 163 Å². The summed E-state index contributed by atoms with van der Waals surface area (Å²) in [5.74, 6) is 0. The van der Waals surface area contributed by atoms with Gasteiger partial charge in [0.15, 0.2) is 0 Å². The van der Waals surface area contributed by atoms with Gasteiger partial charge in [0.2, 0.25) is 0 Å². The normalized spacial score (nSPS) is 17.1. The molecule has 3 aliphatic rings. The molecule has 1 spiro atoms. The predicted octanol–water partition coefficient (Wildman–Crippen LogP) is 10.3. The van der Waals surface area contributed by atoms with E-state index < -0.39 is 0 Å². The van der Waals surface area contributed by atoms with Gasteiger partial charge in [-0.3, -0.25) is 9.98 Å². The number of aliphatic imine (C=N–C) groups is 1. The minimum Gasteiger partial charge on any atom is -0.300 e. The van der Waals surface area contributed by atoms with Crippen LogP contribution in [-0.2, 0) is 5.41 Å². The molecule has 0 bridgehead atoms. The van der Waals surface area contributed by atoms with Crippen LogP contribution in [0.5, 0.6) is 0 Å². The topological polar surface area (TPSA) is 49.1 Å². The lowest BCUT2D eigenvalue weighted by Gasteiger charge is -2.33. The zero-order chi connectivity index (χ0) is 32.8. The SMILES string of the molecule is N=C(/C=C(\N=C\c1cccc2c1-c1ccccc1C21C2=C(C=CCC2)c2c#cccc21)c1cccnc1)c1ccc(-c2ccccc2)cc1. The van der Waals surface area contributed by atoms with E-state index in [2.05, 4.69) is 102 Å². The van der Waals surface area contributed by atoms with Gasteiger partial charge in [-0.2, -0.15) is 0 Å². The Hall–Kier alpha value is -6.37. The van der Waals surface area contributed by atoms with Gasteiger partial charge in [0, 0.05) is 35.3 Å². The maximum atomic E-state index is 9.06. The fourth-order valence-electron chi connectivity index (χ4n) is 7.99. The third-order valence-electron chi connectivity index (χ3n) is 10.1. The number of nitrogens with one attached hydrogen (secondary N) is 1. The highest BCUT2D eigenvalue weighted by atomic mass is 14.7. The van der Waals surface area contributed by atoms with Gasteiger partial charge in [0.05, 0.1) is 16.8 Å². The maximum Gasteiger partial charge on any atom is 0.0739 e. The molecular weight excluding hydrogens is 595 g/mol. The van der Waals surface area contributed by atoms with Crippen LogP contribution in [0.1, 0.15) is 51.8 Å². The first-order valence-corrected chi connectivity index (χ1v) is 16.7. The molecule has 0 radical (unpaired) electrons. The molecule has 3 heteroatoms. The molecule has 1 unspecified atom stereocenters. The van der Waals surface area contributed by atoms with Crippen LogP contribution in [0.3, 0.4) is 0 Å². The van der Waals surface area contributed by atoms with Crippen molar-refractivity contribution in [3.05, 3.63) is 209 Å². The van der Waals surface area contributed by atoms with E-state index in [-0.39, 0.29) is 5.41 Å². The van der Waals surface area contributed by atoms with E-state index in [9.17, 15) is 0 Å². The second-order valence-electron chi connectivity index (χ2n) is 12.7. The van der Waals surface area contributed by atoms with Crippen molar-refractivity contribution in [2.45, 2.75) is 18.3 Å². The third-order valence-corrected chi connectivity index (χ3v) is 10.1. The Bertz CT molecular complexity index is 2380. The number of allylic oxidation sites excluding steroid dienone is 5. The first-order chi connectivity index (χ1) is 24.2. The van der Waals surface area contributed by atoms with Crippen LogP contribution in [0.25, 0.3) is 33.5 Å². The summed E-state index contributed by atoms with van der Waals surface area (Å²) >= 11 is 0. The average Bonchev–Trinajstić information content (AvgIpc) is 3.65. The lowest BCUT2D eigenvalue weighted by Crippen LogP contribution is -2.27. The average molecular weight is 626 g/mol. The minimum atomic E-state index is -0.368. The Kier molecular flexibility index (Phi) is 6.88. The number of hydrogen-bond donors (Lipinski definition) is 1. The van der Waals surface area contributed by atoms with Crippen molar-refractivity contribution in [3.63, 3.8) is 0 Å². The molecule has 1 heterocycles. The third kappa shape index (κ3) is 4.57. The Morgan fingerprint density at radius 1 is 0.776 bits per heavy atom. The minimum absolute atomic E-state index is 0.368. The lowest BCUT2D eigenvalue weighted by atomic mass is 9.68. The molecular formula is C46H31N3. The molecule has 0 aliphatic heterocycles. The quantitative estimate of drug-likeness (QED) is 0.184. The fraction of sp³-hybridized carbons (Fsp3) is 0.0652. The van der Waals surface area contributed by atoms with Gasteiger partial charge in [-0.05, 0) is 98.8 Å². The van der Waals surface area contributed by atoms with Crippen molar-refractivity contribution >= 4 is 23.2 Å². The number of aromatic nitrogens is 1. The summed E-state index contributed by atoms with van der Waals surface area (Å²) in [6, 6.07) is 48.8. The lowest BCUT2D eigenvalue weighted by molar-refractivity contribution is 0.714. The summed E-state index contributed by atoms with van der Waals surface area (Å²) in [6.45, 7) is 0. The van der Waals surface area contributed by atoms with E-state index in [1.807, 2.05) is 67.0 Å². The number of rotatable bonds is 6. The van der Waals surface area contributed by atoms with Gasteiger partial charge in [-0.1, -0.05) is 121 Å². The molecule has 0 saturated heterocycles. The van der Waals surface area contributed by atoms with Gasteiger partial charge in [-0.15, -0.1) is 0 Å². The maximum absolute atomic E-state index is 9.06. The highest BCUT2D eigenvalue weighted by Gasteiger charge is 2.53. The van der Waals surface area contributed by atoms with Crippen LogP contribution < -0.4 is 0 Å². The van der Waals surface area contributed by atoms with Crippen molar-refractivity contribution in [1.82, 2.24) is 4.98 Å². The van der Waals surface area contributed by atoms with Gasteiger partial charge in [0.1, 0.15) is 0 Å². The molecule has 3 aliphatic carbocycles. The predicted molar refractivity (Wildman–Crippen MR) is 200 cm³/mol. The Labute approximate surface area is 286 Å². The largest absolute Gasteiger partial charge is 0.300 e. The number of pyridine rings is 1. The fourth-order valence-corrected chi connectivity index (χ4v) is 7.99. The summed E-state index contributed by atoms with van der Waals surface area (Å²) < 4.78 is 0. The Morgan fingerprint density at radius 3 is 2.45 bits per heavy atom. The van der Waals surface area contributed by atoms with E-state index in [0.29, 0.717) is 11.4 Å². The van der Waals surface area contributed by atoms with Crippen LogP contribution in [0.4, 0.5) is 0 Å². The number of fused-ring (bicyclic) bond motifs is 9. The molecule has 49 heavy (non-hydrogen) atoms. The molecule has 1 atom stereocenters. The van der Waals surface area contributed by atoms with E-state index in [4.69, 9.17) is 10.4 Å². The second-order valence-corrected chi connectivity index (χ2v) is 12.7. The zero-order valence-electron chi connectivity index (χ0n) is 26.8. The smallest absolute Gasteiger partial charge is 0.0739 e. The molecule has 1 aromatic heterocycles. The van der Waals surface area contributed by atoms with Crippen LogP contribution >= 0.6 is 0 Å². The highest BCUT2D eigenvalue weighted by Crippen LogP contribution is 2.63. The van der Waals surface area contributed by atoms with Crippen molar-refractivity contribution in [3.8, 4) is 22.3 Å². The highest BCUT2D eigenvalue weighted by molar-refractivity contribution is 6.11. The molecule has 230 valence electrons. The molecule has 5 aromatic carbocycles. The molecule has 3 nitrogen and oxygen atoms in total. The summed E-state index contributed by atoms with van der Waals surface area (Å²) in [6.07, 6.45) is 14.0. The first kappa shape index (κ1) is 28.8. The molecule has 1 N–H and O–H groups in total. The van der Waals surface area contributed by atoms with Gasteiger partial charge in [0.25, 0.3) is 0 Å². The summed E-state index contributed by atoms with van der Waals surface area (Å²) in [5.41, 5.74) is 15.9. The monoisotopic (exact) mass is 625 g/mol.